The van der Waals surface area contributed by atoms with Crippen LogP contribution in [0.1, 0.15) is 75.3 Å². The van der Waals surface area contributed by atoms with Gasteiger partial charge < -0.3 is 4.74 Å². The number of aryl methyl sites for hydroxylation is 1. The number of rotatable bonds is 4. The van der Waals surface area contributed by atoms with E-state index in [1.54, 1.807) is 17.7 Å². The highest BCUT2D eigenvalue weighted by atomic mass is 32.1. The van der Waals surface area contributed by atoms with E-state index < -0.39 is 6.04 Å². The highest BCUT2D eigenvalue weighted by Gasteiger charge is 2.28. The second-order valence-electron chi connectivity index (χ2n) is 8.11. The van der Waals surface area contributed by atoms with Gasteiger partial charge in [0, 0.05) is 4.88 Å². The van der Waals surface area contributed by atoms with E-state index in [-0.39, 0.29) is 17.6 Å². The molecule has 2 aliphatic carbocycles. The van der Waals surface area contributed by atoms with Gasteiger partial charge in [0.1, 0.15) is 17.0 Å². The molecule has 0 aliphatic heterocycles. The first-order valence-electron chi connectivity index (χ1n) is 10.3. The van der Waals surface area contributed by atoms with Gasteiger partial charge in [-0.05, 0) is 62.8 Å². The lowest BCUT2D eigenvalue weighted by Gasteiger charge is -2.25. The number of esters is 1. The number of thiophene rings is 1. The van der Waals surface area contributed by atoms with Crippen molar-refractivity contribution < 1.29 is 9.53 Å². The van der Waals surface area contributed by atoms with Crippen molar-refractivity contribution in [1.82, 2.24) is 9.55 Å². The van der Waals surface area contributed by atoms with Crippen molar-refractivity contribution in [3.8, 4) is 0 Å². The van der Waals surface area contributed by atoms with Crippen molar-refractivity contribution in [2.45, 2.75) is 83.8 Å². The Hall–Kier alpha value is -1.69. The molecule has 0 amide bonds. The van der Waals surface area contributed by atoms with E-state index in [0.29, 0.717) is 12.3 Å². The third-order valence-corrected chi connectivity index (χ3v) is 7.23. The van der Waals surface area contributed by atoms with Crippen LogP contribution in [0.3, 0.4) is 0 Å². The average Bonchev–Trinajstić information content (AvgIpc) is 3.03. The van der Waals surface area contributed by atoms with Crippen molar-refractivity contribution in [2.24, 2.45) is 5.92 Å². The van der Waals surface area contributed by atoms with E-state index in [1.807, 2.05) is 6.92 Å². The molecule has 0 radical (unpaired) electrons. The van der Waals surface area contributed by atoms with E-state index in [0.717, 1.165) is 60.7 Å². The van der Waals surface area contributed by atoms with E-state index in [1.165, 1.54) is 15.9 Å². The molecule has 27 heavy (non-hydrogen) atoms. The first kappa shape index (κ1) is 18.7. The summed E-state index contributed by atoms with van der Waals surface area (Å²) in [5, 5.41) is 0.730. The van der Waals surface area contributed by atoms with Crippen LogP contribution in [-0.4, -0.2) is 21.6 Å². The van der Waals surface area contributed by atoms with Crippen molar-refractivity contribution in [3.63, 3.8) is 0 Å². The Morgan fingerprint density at radius 2 is 2.11 bits per heavy atom. The summed E-state index contributed by atoms with van der Waals surface area (Å²) in [6.45, 7) is 4.18. The van der Waals surface area contributed by atoms with Crippen molar-refractivity contribution >= 4 is 27.5 Å². The molecule has 2 heterocycles. The summed E-state index contributed by atoms with van der Waals surface area (Å²) in [6.07, 6.45) is 10.5. The largest absolute Gasteiger partial charge is 0.461 e. The number of carbonyl (C=O) groups is 1. The second-order valence-corrected chi connectivity index (χ2v) is 9.19. The number of hydrogen-bond acceptors (Lipinski definition) is 5. The summed E-state index contributed by atoms with van der Waals surface area (Å²) in [4.78, 5) is 32.7. The van der Waals surface area contributed by atoms with E-state index in [2.05, 4.69) is 11.9 Å². The van der Waals surface area contributed by atoms with Gasteiger partial charge in [0.05, 0.1) is 11.7 Å². The molecule has 0 bridgehead atoms. The minimum Gasteiger partial charge on any atom is -0.461 e. The maximum absolute atomic E-state index is 13.3. The minimum absolute atomic E-state index is 0.00286. The zero-order valence-electron chi connectivity index (χ0n) is 16.2. The van der Waals surface area contributed by atoms with Crippen molar-refractivity contribution in [1.29, 1.82) is 0 Å². The van der Waals surface area contributed by atoms with E-state index >= 15 is 0 Å². The molecule has 146 valence electrons. The normalized spacial score (nSPS) is 21.8. The average molecular weight is 389 g/mol. The first-order valence-corrected chi connectivity index (χ1v) is 11.1. The smallest absolute Gasteiger partial charge is 0.329 e. The predicted octanol–water partition coefficient (Wildman–Crippen LogP) is 4.41. The monoisotopic (exact) mass is 388 g/mol. The summed E-state index contributed by atoms with van der Waals surface area (Å²) in [6, 6.07) is -0.589. The molecule has 0 spiro atoms. The quantitative estimate of drug-likeness (QED) is 0.728. The Kier molecular flexibility index (Phi) is 5.35. The Morgan fingerprint density at radius 3 is 2.85 bits per heavy atom. The van der Waals surface area contributed by atoms with Crippen LogP contribution in [0, 0.1) is 5.92 Å². The Morgan fingerprint density at radius 1 is 1.33 bits per heavy atom. The molecule has 5 nitrogen and oxygen atoms in total. The lowest BCUT2D eigenvalue weighted by molar-refractivity contribution is -0.154. The lowest BCUT2D eigenvalue weighted by Crippen LogP contribution is -2.33. The van der Waals surface area contributed by atoms with Gasteiger partial charge in [-0.2, -0.15) is 0 Å². The molecule has 2 aromatic rings. The summed E-state index contributed by atoms with van der Waals surface area (Å²) in [5.74, 6) is 0.368. The van der Waals surface area contributed by atoms with Gasteiger partial charge in [-0.25, -0.2) is 9.78 Å². The van der Waals surface area contributed by atoms with Crippen LogP contribution >= 0.6 is 11.3 Å². The Labute approximate surface area is 163 Å². The van der Waals surface area contributed by atoms with Crippen molar-refractivity contribution in [3.05, 3.63) is 27.1 Å². The van der Waals surface area contributed by atoms with Gasteiger partial charge >= 0.3 is 5.97 Å². The maximum Gasteiger partial charge on any atom is 0.329 e. The van der Waals surface area contributed by atoms with Gasteiger partial charge in [0.25, 0.3) is 5.56 Å². The predicted molar refractivity (Wildman–Crippen MR) is 107 cm³/mol. The number of ether oxygens (including phenoxy) is 1. The SMILES string of the molecule is CCC(C(=O)OC1CCCCC1)n1cnc2sc3c(c2c1=O)CCC(C)C3. The van der Waals surface area contributed by atoms with Crippen LogP contribution in [0.5, 0.6) is 0 Å². The highest BCUT2D eigenvalue weighted by molar-refractivity contribution is 7.18. The highest BCUT2D eigenvalue weighted by Crippen LogP contribution is 2.35. The fraction of sp³-hybridized carbons (Fsp3) is 0.667. The zero-order valence-corrected chi connectivity index (χ0v) is 17.0. The molecule has 2 unspecified atom stereocenters. The lowest BCUT2D eigenvalue weighted by atomic mass is 9.89. The summed E-state index contributed by atoms with van der Waals surface area (Å²) in [5.41, 5.74) is 1.08. The van der Waals surface area contributed by atoms with Crippen LogP contribution in [0.25, 0.3) is 10.2 Å². The third-order valence-electron chi connectivity index (χ3n) is 6.07. The van der Waals surface area contributed by atoms with E-state index in [9.17, 15) is 9.59 Å². The summed E-state index contributed by atoms with van der Waals surface area (Å²) < 4.78 is 7.26. The molecule has 2 aromatic heterocycles. The fourth-order valence-electron chi connectivity index (χ4n) is 4.47. The van der Waals surface area contributed by atoms with Gasteiger partial charge in [0.2, 0.25) is 0 Å². The molecular weight excluding hydrogens is 360 g/mol. The molecular formula is C21H28N2O3S. The third kappa shape index (κ3) is 3.56. The molecule has 1 saturated carbocycles. The molecule has 2 aliphatic rings. The van der Waals surface area contributed by atoms with Gasteiger partial charge in [-0.3, -0.25) is 9.36 Å². The van der Waals surface area contributed by atoms with Gasteiger partial charge in [-0.15, -0.1) is 11.3 Å². The standard InChI is InChI=1S/C21H28N2O3S/c1-3-16(21(25)26-14-7-5-4-6-8-14)23-12-22-19-18(20(23)24)15-10-9-13(2)11-17(15)27-19/h12-14,16H,3-11H2,1-2H3. The summed E-state index contributed by atoms with van der Waals surface area (Å²) in [7, 11) is 0. The summed E-state index contributed by atoms with van der Waals surface area (Å²) >= 11 is 1.64. The Bertz CT molecular complexity index is 895. The number of carbonyl (C=O) groups excluding carboxylic acids is 1. The Balaban J connectivity index is 1.66. The topological polar surface area (TPSA) is 61.2 Å². The number of aromatic nitrogens is 2. The molecule has 0 aromatic carbocycles. The van der Waals surface area contributed by atoms with Crippen LogP contribution in [0.4, 0.5) is 0 Å². The van der Waals surface area contributed by atoms with Crippen LogP contribution < -0.4 is 5.56 Å². The van der Waals surface area contributed by atoms with Crippen LogP contribution in [0.15, 0.2) is 11.1 Å². The molecule has 1 fully saturated rings. The van der Waals surface area contributed by atoms with Crippen LogP contribution in [0.2, 0.25) is 0 Å². The number of fused-ring (bicyclic) bond motifs is 3. The molecule has 2 atom stereocenters. The number of nitrogens with zero attached hydrogens (tertiary/aromatic N) is 2. The zero-order chi connectivity index (χ0) is 19.0. The van der Waals surface area contributed by atoms with Gasteiger partial charge in [-0.1, -0.05) is 20.3 Å². The first-order chi connectivity index (χ1) is 13.1. The molecule has 4 rings (SSSR count). The maximum atomic E-state index is 13.3. The van der Waals surface area contributed by atoms with E-state index in [4.69, 9.17) is 4.74 Å². The second kappa shape index (κ2) is 7.74. The molecule has 0 N–H and O–H groups in total. The minimum atomic E-state index is -0.589. The molecule has 0 saturated heterocycles. The number of hydrogen-bond donors (Lipinski definition) is 0. The van der Waals surface area contributed by atoms with Crippen LogP contribution in [-0.2, 0) is 22.4 Å². The van der Waals surface area contributed by atoms with Gasteiger partial charge in [0.15, 0.2) is 0 Å². The molecule has 6 heteroatoms. The van der Waals surface area contributed by atoms with Crippen molar-refractivity contribution in [2.75, 3.05) is 0 Å². The fourth-order valence-corrected chi connectivity index (χ4v) is 5.81.